The largest absolute Gasteiger partial charge is 0.377 e. The maximum atomic E-state index is 12.5. The molecule has 144 valence electrons. The minimum Gasteiger partial charge on any atom is -0.377 e. The summed E-state index contributed by atoms with van der Waals surface area (Å²) >= 11 is 0. The van der Waals surface area contributed by atoms with Crippen LogP contribution in [0.2, 0.25) is 0 Å². The molecule has 26 heavy (non-hydrogen) atoms. The Hall–Kier alpha value is -1.64. The van der Waals surface area contributed by atoms with Gasteiger partial charge in [0.2, 0.25) is 10.0 Å². The highest BCUT2D eigenvalue weighted by molar-refractivity contribution is 7.89. The maximum absolute atomic E-state index is 12.5. The van der Waals surface area contributed by atoms with Crippen molar-refractivity contribution in [3.8, 4) is 0 Å². The van der Waals surface area contributed by atoms with Crippen molar-refractivity contribution < 1.29 is 17.9 Å². The van der Waals surface area contributed by atoms with Gasteiger partial charge in [-0.1, -0.05) is 6.07 Å². The van der Waals surface area contributed by atoms with E-state index in [4.69, 9.17) is 4.74 Å². The topological polar surface area (TPSA) is 87.7 Å². The van der Waals surface area contributed by atoms with E-state index in [1.165, 1.54) is 0 Å². The summed E-state index contributed by atoms with van der Waals surface area (Å²) in [5, 5.41) is 2.89. The number of ether oxygens (including phenoxy) is 1. The fraction of sp³-hybridized carbons (Fsp3) is 0.611. The van der Waals surface area contributed by atoms with E-state index < -0.39 is 10.0 Å². The molecule has 0 bridgehead atoms. The molecular weight excluding hydrogens is 354 g/mol. The molecule has 0 aromatic heterocycles. The summed E-state index contributed by atoms with van der Waals surface area (Å²) in [6.45, 7) is 5.94. The van der Waals surface area contributed by atoms with E-state index in [-0.39, 0.29) is 23.1 Å². The average molecular weight is 381 g/mol. The fourth-order valence-electron chi connectivity index (χ4n) is 3.30. The van der Waals surface area contributed by atoms with Gasteiger partial charge >= 0.3 is 6.03 Å². The first-order valence-corrected chi connectivity index (χ1v) is 10.6. The van der Waals surface area contributed by atoms with Crippen LogP contribution < -0.4 is 10.0 Å². The Morgan fingerprint density at radius 1 is 1.35 bits per heavy atom. The normalized spacial score (nSPS) is 20.3. The summed E-state index contributed by atoms with van der Waals surface area (Å²) in [5.41, 5.74) is 1.98. The minimum atomic E-state index is -3.55. The van der Waals surface area contributed by atoms with Gasteiger partial charge in [0.25, 0.3) is 0 Å². The molecule has 2 amide bonds. The van der Waals surface area contributed by atoms with Crippen molar-refractivity contribution in [2.75, 3.05) is 19.7 Å². The molecule has 2 aliphatic rings. The summed E-state index contributed by atoms with van der Waals surface area (Å²) in [6.07, 6.45) is 2.48. The van der Waals surface area contributed by atoms with E-state index in [1.807, 2.05) is 19.9 Å². The van der Waals surface area contributed by atoms with Crippen LogP contribution in [-0.2, 0) is 27.7 Å². The van der Waals surface area contributed by atoms with Crippen LogP contribution in [0.5, 0.6) is 0 Å². The van der Waals surface area contributed by atoms with E-state index in [0.717, 1.165) is 24.0 Å². The Balaban J connectivity index is 1.66. The van der Waals surface area contributed by atoms with Crippen molar-refractivity contribution in [2.24, 2.45) is 0 Å². The third-order valence-corrected chi connectivity index (χ3v) is 6.15. The number of carbonyl (C=O) groups is 1. The van der Waals surface area contributed by atoms with E-state index >= 15 is 0 Å². The number of rotatable bonds is 5. The molecule has 0 unspecified atom stereocenters. The number of hydrogen-bond acceptors (Lipinski definition) is 4. The number of nitrogens with zero attached hydrogens (tertiary/aromatic N) is 1. The first-order valence-electron chi connectivity index (χ1n) is 9.13. The number of benzene rings is 1. The maximum Gasteiger partial charge on any atom is 0.317 e. The standard InChI is InChI=1S/C18H27N3O4S/c1-13(2)20-18(22)21-8-7-14-10-17(6-5-15(14)12-21)26(23,24)19-11-16-4-3-9-25-16/h5-6,10,13,16,19H,3-4,7-9,11-12H2,1-2H3,(H,20,22)/t16-/m0/s1. The summed E-state index contributed by atoms with van der Waals surface area (Å²) in [7, 11) is -3.55. The second-order valence-corrected chi connectivity index (χ2v) is 8.96. The van der Waals surface area contributed by atoms with Crippen LogP contribution in [0, 0.1) is 0 Å². The number of carbonyl (C=O) groups excluding carboxylic acids is 1. The van der Waals surface area contributed by atoms with Gasteiger partial charge in [-0.05, 0) is 56.4 Å². The molecule has 2 N–H and O–H groups in total. The summed E-state index contributed by atoms with van der Waals surface area (Å²) in [4.78, 5) is 14.2. The third kappa shape index (κ3) is 4.55. The van der Waals surface area contributed by atoms with Gasteiger partial charge in [0.1, 0.15) is 0 Å². The molecule has 0 saturated carbocycles. The van der Waals surface area contributed by atoms with Gasteiger partial charge in [-0.2, -0.15) is 0 Å². The Bertz CT molecular complexity index is 758. The molecule has 1 aromatic rings. The molecule has 2 aliphatic heterocycles. The van der Waals surface area contributed by atoms with Gasteiger partial charge in [0.15, 0.2) is 0 Å². The smallest absolute Gasteiger partial charge is 0.317 e. The van der Waals surface area contributed by atoms with Crippen molar-refractivity contribution in [3.63, 3.8) is 0 Å². The van der Waals surface area contributed by atoms with Crippen molar-refractivity contribution >= 4 is 16.1 Å². The predicted octanol–water partition coefficient (Wildman–Crippen LogP) is 1.62. The lowest BCUT2D eigenvalue weighted by molar-refractivity contribution is 0.114. The van der Waals surface area contributed by atoms with Crippen molar-refractivity contribution in [2.45, 2.75) is 56.7 Å². The molecule has 3 rings (SSSR count). The summed E-state index contributed by atoms with van der Waals surface area (Å²) in [5.74, 6) is 0. The zero-order valence-corrected chi connectivity index (χ0v) is 16.1. The van der Waals surface area contributed by atoms with Crippen LogP contribution in [0.1, 0.15) is 37.8 Å². The highest BCUT2D eigenvalue weighted by Gasteiger charge is 2.24. The Morgan fingerprint density at radius 2 is 2.15 bits per heavy atom. The molecular formula is C18H27N3O4S. The number of hydrogen-bond donors (Lipinski definition) is 2. The van der Waals surface area contributed by atoms with Gasteiger partial charge in [-0.3, -0.25) is 0 Å². The number of nitrogens with one attached hydrogen (secondary N) is 2. The molecule has 1 fully saturated rings. The molecule has 0 aliphatic carbocycles. The van der Waals surface area contributed by atoms with Gasteiger partial charge in [-0.15, -0.1) is 0 Å². The van der Waals surface area contributed by atoms with Gasteiger partial charge < -0.3 is 15.0 Å². The van der Waals surface area contributed by atoms with Crippen LogP contribution in [0.4, 0.5) is 4.79 Å². The Morgan fingerprint density at radius 3 is 2.85 bits per heavy atom. The Labute approximate surface area is 155 Å². The second kappa shape index (κ2) is 7.94. The van der Waals surface area contributed by atoms with Crippen LogP contribution in [0.25, 0.3) is 0 Å². The number of fused-ring (bicyclic) bond motifs is 1. The van der Waals surface area contributed by atoms with E-state index in [0.29, 0.717) is 32.7 Å². The van der Waals surface area contributed by atoms with E-state index in [1.54, 1.807) is 17.0 Å². The van der Waals surface area contributed by atoms with Crippen molar-refractivity contribution in [1.29, 1.82) is 0 Å². The summed E-state index contributed by atoms with van der Waals surface area (Å²) < 4.78 is 33.2. The van der Waals surface area contributed by atoms with Gasteiger partial charge in [0.05, 0.1) is 11.0 Å². The van der Waals surface area contributed by atoms with Crippen LogP contribution in [0.3, 0.4) is 0 Å². The molecule has 2 heterocycles. The number of amides is 2. The lowest BCUT2D eigenvalue weighted by Gasteiger charge is -2.30. The molecule has 1 saturated heterocycles. The molecule has 1 aromatic carbocycles. The average Bonchev–Trinajstić information content (AvgIpc) is 3.12. The first kappa shape index (κ1) is 19.1. The first-order chi connectivity index (χ1) is 12.3. The zero-order valence-electron chi connectivity index (χ0n) is 15.3. The van der Waals surface area contributed by atoms with Crippen LogP contribution in [0.15, 0.2) is 23.1 Å². The van der Waals surface area contributed by atoms with E-state index in [2.05, 4.69) is 10.0 Å². The highest BCUT2D eigenvalue weighted by atomic mass is 32.2. The van der Waals surface area contributed by atoms with Crippen LogP contribution in [-0.4, -0.2) is 51.2 Å². The van der Waals surface area contributed by atoms with Crippen LogP contribution >= 0.6 is 0 Å². The lowest BCUT2D eigenvalue weighted by Crippen LogP contribution is -2.45. The van der Waals surface area contributed by atoms with E-state index in [9.17, 15) is 13.2 Å². The second-order valence-electron chi connectivity index (χ2n) is 7.19. The molecule has 0 radical (unpaired) electrons. The van der Waals surface area contributed by atoms with Crippen molar-refractivity contribution in [3.05, 3.63) is 29.3 Å². The van der Waals surface area contributed by atoms with Gasteiger partial charge in [-0.25, -0.2) is 17.9 Å². The molecule has 8 heteroatoms. The molecule has 7 nitrogen and oxygen atoms in total. The monoisotopic (exact) mass is 381 g/mol. The molecule has 1 atom stereocenters. The molecule has 0 spiro atoms. The number of sulfonamides is 1. The van der Waals surface area contributed by atoms with Crippen molar-refractivity contribution in [1.82, 2.24) is 14.9 Å². The summed E-state index contributed by atoms with van der Waals surface area (Å²) in [6, 6.07) is 5.16. The fourth-order valence-corrected chi connectivity index (χ4v) is 4.42. The zero-order chi connectivity index (χ0) is 18.7. The highest BCUT2D eigenvalue weighted by Crippen LogP contribution is 2.23. The lowest BCUT2D eigenvalue weighted by atomic mass is 10.0. The third-order valence-electron chi connectivity index (χ3n) is 4.72. The number of urea groups is 1. The Kier molecular flexibility index (Phi) is 5.84. The van der Waals surface area contributed by atoms with Gasteiger partial charge in [0, 0.05) is 32.3 Å². The SMILES string of the molecule is CC(C)NC(=O)N1CCc2cc(S(=O)(=O)NC[C@@H]3CCCO3)ccc2C1. The predicted molar refractivity (Wildman–Crippen MR) is 98.4 cm³/mol. The quantitative estimate of drug-likeness (QED) is 0.811. The minimum absolute atomic E-state index is 0.0320.